The van der Waals surface area contributed by atoms with E-state index in [1.807, 2.05) is 41.8 Å². The van der Waals surface area contributed by atoms with Gasteiger partial charge in [-0.15, -0.1) is 11.3 Å². The van der Waals surface area contributed by atoms with Crippen LogP contribution >= 0.6 is 23.1 Å². The monoisotopic (exact) mass is 391 g/mol. The molecular formula is C19H21NO4S2. The predicted molar refractivity (Wildman–Crippen MR) is 105 cm³/mol. The van der Waals surface area contributed by atoms with Crippen LogP contribution in [0.3, 0.4) is 0 Å². The fourth-order valence-electron chi connectivity index (χ4n) is 2.44. The maximum Gasteiger partial charge on any atom is 0.325 e. The highest BCUT2D eigenvalue weighted by Crippen LogP contribution is 2.26. The summed E-state index contributed by atoms with van der Waals surface area (Å²) in [7, 11) is 1.30. The normalized spacial score (nSPS) is 11.6. The zero-order valence-electron chi connectivity index (χ0n) is 14.7. The fourth-order valence-corrected chi connectivity index (χ4v) is 3.87. The summed E-state index contributed by atoms with van der Waals surface area (Å²) in [6, 6.07) is 13.3. The zero-order valence-corrected chi connectivity index (χ0v) is 16.3. The van der Waals surface area contributed by atoms with Crippen LogP contribution in [0, 0.1) is 5.92 Å². The Morgan fingerprint density at radius 2 is 1.88 bits per heavy atom. The second-order valence-electron chi connectivity index (χ2n) is 5.64. The number of ether oxygens (including phenoxy) is 1. The lowest BCUT2D eigenvalue weighted by Crippen LogP contribution is -2.41. The number of carbonyl (C=O) groups is 3. The Hall–Kier alpha value is -2.12. The van der Waals surface area contributed by atoms with E-state index in [0.29, 0.717) is 17.2 Å². The van der Waals surface area contributed by atoms with Crippen molar-refractivity contribution in [2.75, 3.05) is 24.3 Å². The van der Waals surface area contributed by atoms with Gasteiger partial charge < -0.3 is 4.74 Å². The molecule has 138 valence electrons. The lowest BCUT2D eigenvalue weighted by atomic mass is 9.99. The van der Waals surface area contributed by atoms with Crippen LogP contribution in [0.4, 0.5) is 5.00 Å². The molecule has 0 saturated heterocycles. The summed E-state index contributed by atoms with van der Waals surface area (Å²) >= 11 is 2.51. The summed E-state index contributed by atoms with van der Waals surface area (Å²) in [6.07, 6.45) is 0.503. The smallest absolute Gasteiger partial charge is 0.325 e. The number of anilines is 1. The first-order valence-electron chi connectivity index (χ1n) is 8.10. The van der Waals surface area contributed by atoms with Crippen molar-refractivity contribution in [3.63, 3.8) is 0 Å². The van der Waals surface area contributed by atoms with E-state index in [9.17, 15) is 14.4 Å². The summed E-state index contributed by atoms with van der Waals surface area (Å²) < 4.78 is 4.74. The van der Waals surface area contributed by atoms with Crippen molar-refractivity contribution in [2.24, 2.45) is 5.92 Å². The Bertz CT molecular complexity index is 731. The number of thiophene rings is 1. The first kappa shape index (κ1) is 20.2. The van der Waals surface area contributed by atoms with Gasteiger partial charge in [-0.25, -0.2) is 0 Å². The summed E-state index contributed by atoms with van der Waals surface area (Å²) in [5.74, 6) is -0.718. The molecule has 0 N–H and O–H groups in total. The molecule has 0 aliphatic heterocycles. The molecule has 2 aromatic rings. The second kappa shape index (κ2) is 10.1. The highest BCUT2D eigenvalue weighted by atomic mass is 32.2. The van der Waals surface area contributed by atoms with Crippen molar-refractivity contribution in [1.29, 1.82) is 0 Å². The van der Waals surface area contributed by atoms with Gasteiger partial charge in [0.2, 0.25) is 5.91 Å². The fraction of sp³-hybridized carbons (Fsp3) is 0.316. The van der Waals surface area contributed by atoms with Gasteiger partial charge >= 0.3 is 5.97 Å². The largest absolute Gasteiger partial charge is 0.468 e. The van der Waals surface area contributed by atoms with E-state index in [4.69, 9.17) is 4.74 Å². The topological polar surface area (TPSA) is 63.7 Å². The molecule has 1 unspecified atom stereocenters. The van der Waals surface area contributed by atoms with Crippen molar-refractivity contribution in [3.8, 4) is 0 Å². The molecule has 5 nitrogen and oxygen atoms in total. The molecule has 26 heavy (non-hydrogen) atoms. The van der Waals surface area contributed by atoms with Gasteiger partial charge in [-0.3, -0.25) is 19.3 Å². The van der Waals surface area contributed by atoms with Crippen molar-refractivity contribution in [3.05, 3.63) is 53.4 Å². The Kier molecular flexibility index (Phi) is 7.87. The molecule has 1 aromatic heterocycles. The Labute approximate surface area is 161 Å². The van der Waals surface area contributed by atoms with E-state index >= 15 is 0 Å². The standard InChI is InChI=1S/C19H21NO4S2/c1-14(21)26-13-16(11-15-7-4-3-5-8-15)19(23)20(12-18(22)24-2)17-9-6-10-25-17/h3-10,16H,11-13H2,1-2H3. The molecule has 0 saturated carbocycles. The molecular weight excluding hydrogens is 370 g/mol. The van der Waals surface area contributed by atoms with Crippen LogP contribution in [-0.2, 0) is 25.5 Å². The van der Waals surface area contributed by atoms with E-state index in [0.717, 1.165) is 17.3 Å². The molecule has 0 aliphatic rings. The van der Waals surface area contributed by atoms with E-state index in [2.05, 4.69) is 0 Å². The molecule has 1 atom stereocenters. The number of thioether (sulfide) groups is 1. The highest BCUT2D eigenvalue weighted by Gasteiger charge is 2.28. The molecule has 0 bridgehead atoms. The molecule has 7 heteroatoms. The number of rotatable bonds is 8. The number of nitrogens with zero attached hydrogens (tertiary/aromatic N) is 1. The minimum absolute atomic E-state index is 0.0356. The van der Waals surface area contributed by atoms with Crippen molar-refractivity contribution in [2.45, 2.75) is 13.3 Å². The number of methoxy groups -OCH3 is 1. The first-order chi connectivity index (χ1) is 12.5. The van der Waals surface area contributed by atoms with Gasteiger partial charge in [0.1, 0.15) is 6.54 Å². The number of carbonyl (C=O) groups excluding carboxylic acids is 3. The molecule has 0 fully saturated rings. The quantitative estimate of drug-likeness (QED) is 0.646. The molecule has 0 spiro atoms. The lowest BCUT2D eigenvalue weighted by molar-refractivity contribution is -0.140. The number of amides is 1. The minimum Gasteiger partial charge on any atom is -0.468 e. The Morgan fingerprint density at radius 1 is 1.15 bits per heavy atom. The molecule has 0 aliphatic carbocycles. The molecule has 1 heterocycles. The van der Waals surface area contributed by atoms with Gasteiger partial charge in [0.25, 0.3) is 0 Å². The van der Waals surface area contributed by atoms with Crippen LogP contribution in [-0.4, -0.2) is 36.4 Å². The summed E-state index contributed by atoms with van der Waals surface area (Å²) in [5, 5.41) is 2.50. The van der Waals surface area contributed by atoms with Crippen molar-refractivity contribution < 1.29 is 19.1 Å². The van der Waals surface area contributed by atoms with E-state index < -0.39 is 11.9 Å². The van der Waals surface area contributed by atoms with Crippen molar-refractivity contribution in [1.82, 2.24) is 0 Å². The third-order valence-electron chi connectivity index (χ3n) is 3.72. The Balaban J connectivity index is 2.24. The molecule has 2 rings (SSSR count). The van der Waals surface area contributed by atoms with Gasteiger partial charge in [-0.1, -0.05) is 42.1 Å². The second-order valence-corrected chi connectivity index (χ2v) is 7.76. The molecule has 0 radical (unpaired) electrons. The van der Waals surface area contributed by atoms with E-state index in [-0.39, 0.29) is 17.6 Å². The Morgan fingerprint density at radius 3 is 2.46 bits per heavy atom. The van der Waals surface area contributed by atoms with Gasteiger partial charge in [0.15, 0.2) is 5.12 Å². The van der Waals surface area contributed by atoms with E-state index in [1.165, 1.54) is 30.3 Å². The van der Waals surface area contributed by atoms with Gasteiger partial charge in [-0.2, -0.15) is 0 Å². The number of hydrogen-bond donors (Lipinski definition) is 0. The summed E-state index contributed by atoms with van der Waals surface area (Å²) in [6.45, 7) is 1.34. The van der Waals surface area contributed by atoms with Crippen LogP contribution in [0.15, 0.2) is 47.8 Å². The van der Waals surface area contributed by atoms with E-state index in [1.54, 1.807) is 6.07 Å². The summed E-state index contributed by atoms with van der Waals surface area (Å²) in [5.41, 5.74) is 1.01. The third kappa shape index (κ3) is 6.00. The van der Waals surface area contributed by atoms with Gasteiger partial charge in [0.05, 0.1) is 18.0 Å². The zero-order chi connectivity index (χ0) is 18.9. The van der Waals surface area contributed by atoms with Crippen molar-refractivity contribution >= 4 is 45.1 Å². The molecule has 1 amide bonds. The van der Waals surface area contributed by atoms with Crippen LogP contribution in [0.25, 0.3) is 0 Å². The highest BCUT2D eigenvalue weighted by molar-refractivity contribution is 8.13. The van der Waals surface area contributed by atoms with Crippen LogP contribution in [0.5, 0.6) is 0 Å². The van der Waals surface area contributed by atoms with Gasteiger partial charge in [0, 0.05) is 12.7 Å². The number of benzene rings is 1. The van der Waals surface area contributed by atoms with Crippen LogP contribution in [0.2, 0.25) is 0 Å². The average molecular weight is 392 g/mol. The third-order valence-corrected chi connectivity index (χ3v) is 5.58. The summed E-state index contributed by atoms with van der Waals surface area (Å²) in [4.78, 5) is 37.9. The van der Waals surface area contributed by atoms with Crippen LogP contribution in [0.1, 0.15) is 12.5 Å². The lowest BCUT2D eigenvalue weighted by Gasteiger charge is -2.25. The maximum atomic E-state index is 13.2. The molecule has 1 aromatic carbocycles. The number of esters is 1. The van der Waals surface area contributed by atoms with Gasteiger partial charge in [-0.05, 0) is 29.5 Å². The minimum atomic E-state index is -0.482. The predicted octanol–water partition coefficient (Wildman–Crippen LogP) is 3.39. The maximum absolute atomic E-state index is 13.2. The SMILES string of the molecule is COC(=O)CN(C(=O)C(CSC(C)=O)Cc1ccccc1)c1cccs1. The first-order valence-corrected chi connectivity index (χ1v) is 9.96. The number of hydrogen-bond acceptors (Lipinski definition) is 6. The van der Waals surface area contributed by atoms with Crippen LogP contribution < -0.4 is 4.90 Å². The average Bonchev–Trinajstić information content (AvgIpc) is 3.17.